The minimum atomic E-state index is -0.125. The Morgan fingerprint density at radius 1 is 0.902 bits per heavy atom. The number of para-hydroxylation sites is 1. The van der Waals surface area contributed by atoms with Crippen molar-refractivity contribution < 1.29 is 34.7 Å². The Balaban J connectivity index is 0.000000434. The first-order valence-corrected chi connectivity index (χ1v) is 13.5. The minimum Gasteiger partial charge on any atom is -0.512 e. The third-order valence-electron chi connectivity index (χ3n) is 6.67. The molecule has 6 rings (SSSR count). The van der Waals surface area contributed by atoms with Crippen molar-refractivity contribution in [3.05, 3.63) is 115 Å². The van der Waals surface area contributed by atoms with Gasteiger partial charge in [-0.2, -0.15) is 0 Å². The van der Waals surface area contributed by atoms with E-state index in [0.717, 1.165) is 51.3 Å². The molecule has 41 heavy (non-hydrogen) atoms. The molecule has 4 nitrogen and oxygen atoms in total. The van der Waals surface area contributed by atoms with Gasteiger partial charge in [-0.15, -0.1) is 17.7 Å². The summed E-state index contributed by atoms with van der Waals surface area (Å²) in [7, 11) is 0. The number of fused-ring (bicyclic) bond motifs is 6. The van der Waals surface area contributed by atoms with Crippen LogP contribution in [0.15, 0.2) is 103 Å². The Bertz CT molecular complexity index is 1730. The number of carbonyl (C=O) groups excluding carboxylic acids is 1. The Morgan fingerprint density at radius 3 is 2.24 bits per heavy atom. The zero-order chi connectivity index (χ0) is 28.2. The normalized spacial score (nSPS) is 11.6. The summed E-state index contributed by atoms with van der Waals surface area (Å²) < 4.78 is 6.47. The fourth-order valence-corrected chi connectivity index (χ4v) is 5.09. The third kappa shape index (κ3) is 6.82. The zero-order valence-corrected chi connectivity index (χ0v) is 26.0. The molecule has 0 saturated carbocycles. The number of aliphatic hydroxyl groups excluding tert-OH is 1. The first kappa shape index (κ1) is 29.9. The van der Waals surface area contributed by atoms with Crippen molar-refractivity contribution in [2.75, 3.05) is 0 Å². The summed E-state index contributed by atoms with van der Waals surface area (Å²) in [6.07, 6.45) is 4.13. The van der Waals surface area contributed by atoms with Crippen LogP contribution in [0.3, 0.4) is 0 Å². The van der Waals surface area contributed by atoms with E-state index in [2.05, 4.69) is 86.6 Å². The van der Waals surface area contributed by atoms with Crippen molar-refractivity contribution in [1.29, 1.82) is 0 Å². The summed E-state index contributed by atoms with van der Waals surface area (Å²) in [5.74, 6) is 2.26. The molecule has 1 aliphatic rings. The summed E-state index contributed by atoms with van der Waals surface area (Å²) in [6.45, 7) is 7.35. The summed E-state index contributed by atoms with van der Waals surface area (Å²) in [5.41, 5.74) is 7.71. The Labute approximate surface area is 255 Å². The fraction of sp³-hybridized carbons (Fsp3) is 0.167. The topological polar surface area (TPSA) is 59.4 Å². The first-order valence-electron chi connectivity index (χ1n) is 13.5. The standard InChI is InChI=1S/C31H24NO.C5H8O2.Ir/c1-20(2)17-21-11-13-24-22(18-21)15-16-32-31(24)23-12-14-28-26-8-4-3-7-25(26)27-9-5-6-10-29(27)33-30(28)19-23;1-4(6)3-5(2)7;/h3-11,13-16,18-20H,17H2,1-2H3;3,6H,1-2H3;/q-1;;/b;4-3-;. The number of benzene rings is 4. The molecular formula is C36H32IrNO3-. The number of hydrogen-bond acceptors (Lipinski definition) is 4. The molecule has 1 aromatic heterocycles. The number of nitrogens with zero attached hydrogens (tertiary/aromatic N) is 1. The van der Waals surface area contributed by atoms with Gasteiger partial charge in [0.1, 0.15) is 5.75 Å². The van der Waals surface area contributed by atoms with Crippen molar-refractivity contribution in [3.8, 4) is 45.0 Å². The molecule has 1 aliphatic heterocycles. The van der Waals surface area contributed by atoms with E-state index in [9.17, 15) is 4.79 Å². The van der Waals surface area contributed by atoms with E-state index in [4.69, 9.17) is 14.8 Å². The van der Waals surface area contributed by atoms with Crippen molar-refractivity contribution in [2.24, 2.45) is 5.92 Å². The largest absolute Gasteiger partial charge is 0.512 e. The van der Waals surface area contributed by atoms with Gasteiger partial charge in [-0.05, 0) is 71.5 Å². The molecule has 0 aliphatic carbocycles. The van der Waals surface area contributed by atoms with Crippen LogP contribution in [0.2, 0.25) is 0 Å². The SMILES string of the molecule is CC(=O)/C=C(/C)O.CC(C)Cc1ccc2c(-c3[c-]cc4c(c3)Oc3ccccc3-c3ccccc3-4)nccc2c1.[Ir]. The molecule has 5 aromatic rings. The van der Waals surface area contributed by atoms with Crippen LogP contribution in [0.5, 0.6) is 11.5 Å². The second-order valence-corrected chi connectivity index (χ2v) is 10.5. The number of carbonyl (C=O) groups is 1. The van der Waals surface area contributed by atoms with Gasteiger partial charge in [0, 0.05) is 37.9 Å². The number of aliphatic hydroxyl groups is 1. The molecule has 0 fully saturated rings. The van der Waals surface area contributed by atoms with Gasteiger partial charge < -0.3 is 14.8 Å². The molecule has 4 aromatic carbocycles. The second kappa shape index (κ2) is 13.1. The maximum Gasteiger partial charge on any atom is 0.155 e. The number of ether oxygens (including phenoxy) is 1. The van der Waals surface area contributed by atoms with E-state index in [-0.39, 0.29) is 31.6 Å². The fourth-order valence-electron chi connectivity index (χ4n) is 5.09. The summed E-state index contributed by atoms with van der Waals surface area (Å²) in [4.78, 5) is 14.8. The molecule has 0 atom stereocenters. The average Bonchev–Trinajstić information content (AvgIpc) is 3.06. The number of rotatable bonds is 4. The predicted molar refractivity (Wildman–Crippen MR) is 163 cm³/mol. The second-order valence-electron chi connectivity index (χ2n) is 10.5. The predicted octanol–water partition coefficient (Wildman–Crippen LogP) is 9.37. The van der Waals surface area contributed by atoms with Crippen LogP contribution in [0, 0.1) is 12.0 Å². The summed E-state index contributed by atoms with van der Waals surface area (Å²) >= 11 is 0. The molecule has 209 valence electrons. The van der Waals surface area contributed by atoms with Crippen LogP contribution in [-0.4, -0.2) is 15.9 Å². The molecule has 0 saturated heterocycles. The minimum absolute atomic E-state index is 0. The van der Waals surface area contributed by atoms with Crippen molar-refractivity contribution in [2.45, 2.75) is 34.1 Å². The quantitative estimate of drug-likeness (QED) is 0.112. The molecule has 2 heterocycles. The van der Waals surface area contributed by atoms with Gasteiger partial charge >= 0.3 is 0 Å². The molecule has 0 unspecified atom stereocenters. The number of allylic oxidation sites excluding steroid dienone is 2. The molecule has 0 bridgehead atoms. The van der Waals surface area contributed by atoms with Gasteiger partial charge in [0.15, 0.2) is 5.78 Å². The van der Waals surface area contributed by atoms with E-state index in [1.165, 1.54) is 36.4 Å². The van der Waals surface area contributed by atoms with Gasteiger partial charge in [-0.25, -0.2) is 0 Å². The molecule has 1 radical (unpaired) electrons. The van der Waals surface area contributed by atoms with Gasteiger partial charge in [0.05, 0.1) is 11.5 Å². The maximum absolute atomic E-state index is 10.0. The summed E-state index contributed by atoms with van der Waals surface area (Å²) in [6, 6.07) is 33.1. The Hall–Kier alpha value is -4.05. The molecule has 1 N–H and O–H groups in total. The smallest absolute Gasteiger partial charge is 0.155 e. The van der Waals surface area contributed by atoms with Gasteiger partial charge in [0.2, 0.25) is 0 Å². The Morgan fingerprint density at radius 2 is 1.59 bits per heavy atom. The third-order valence-corrected chi connectivity index (χ3v) is 6.67. The van der Waals surface area contributed by atoms with Gasteiger partial charge in [0.25, 0.3) is 0 Å². The molecule has 0 amide bonds. The van der Waals surface area contributed by atoms with Crippen LogP contribution < -0.4 is 4.74 Å². The van der Waals surface area contributed by atoms with Gasteiger partial charge in [-0.3, -0.25) is 4.79 Å². The van der Waals surface area contributed by atoms with Crippen LogP contribution in [0.4, 0.5) is 0 Å². The van der Waals surface area contributed by atoms with E-state index in [1.807, 2.05) is 24.4 Å². The average molecular weight is 719 g/mol. The Kier molecular flexibility index (Phi) is 9.54. The zero-order valence-electron chi connectivity index (χ0n) is 23.6. The maximum atomic E-state index is 10.0. The van der Waals surface area contributed by atoms with Crippen LogP contribution in [0.25, 0.3) is 44.3 Å². The van der Waals surface area contributed by atoms with E-state index >= 15 is 0 Å². The van der Waals surface area contributed by atoms with Crippen LogP contribution in [0.1, 0.15) is 33.3 Å². The van der Waals surface area contributed by atoms with E-state index in [1.54, 1.807) is 0 Å². The molecule has 0 spiro atoms. The number of pyridine rings is 1. The van der Waals surface area contributed by atoms with Crippen molar-refractivity contribution in [1.82, 2.24) is 4.98 Å². The van der Waals surface area contributed by atoms with E-state index in [0.29, 0.717) is 5.92 Å². The van der Waals surface area contributed by atoms with Gasteiger partial charge in [-0.1, -0.05) is 86.1 Å². The van der Waals surface area contributed by atoms with Crippen molar-refractivity contribution >= 4 is 16.6 Å². The van der Waals surface area contributed by atoms with Crippen LogP contribution in [-0.2, 0) is 31.3 Å². The first-order chi connectivity index (χ1) is 19.3. The molecular weight excluding hydrogens is 687 g/mol. The summed E-state index contributed by atoms with van der Waals surface area (Å²) in [5, 5.41) is 10.7. The van der Waals surface area contributed by atoms with E-state index < -0.39 is 0 Å². The number of ketones is 1. The number of aromatic nitrogens is 1. The van der Waals surface area contributed by atoms with Crippen molar-refractivity contribution in [3.63, 3.8) is 0 Å². The molecule has 5 heteroatoms. The number of hydrogen-bond donors (Lipinski definition) is 1. The monoisotopic (exact) mass is 719 g/mol. The van der Waals surface area contributed by atoms with Crippen LogP contribution >= 0.6 is 0 Å².